The van der Waals surface area contributed by atoms with Crippen LogP contribution in [0.4, 0.5) is 4.79 Å². The molecule has 134 valence electrons. The van der Waals surface area contributed by atoms with Crippen molar-refractivity contribution in [2.75, 3.05) is 26.2 Å². The minimum atomic E-state index is -0.0859. The maximum atomic E-state index is 12.8. The fraction of sp³-hybridized carbons (Fsp3) is 0.778. The van der Waals surface area contributed by atoms with Crippen LogP contribution in [0.1, 0.15) is 62.1 Å². The maximum absolute atomic E-state index is 12.8. The summed E-state index contributed by atoms with van der Waals surface area (Å²) >= 11 is 0. The standard InChI is InChI=1S/C18H30N4O2/c1-13(17-14(2)20-24-15(17)3)19-18(23)22-11-5-4-8-16(12-22)21-9-6-7-10-21/h13,16H,4-12H2,1-3H3,(H,19,23)/t13-,16+/m1/s1. The number of nitrogens with one attached hydrogen (secondary N) is 1. The van der Waals surface area contributed by atoms with Gasteiger partial charge in [-0.05, 0) is 59.5 Å². The monoisotopic (exact) mass is 334 g/mol. The minimum absolute atomic E-state index is 0.0357. The molecule has 0 saturated carbocycles. The Balaban J connectivity index is 1.62. The number of hydrogen-bond donors (Lipinski definition) is 1. The van der Waals surface area contributed by atoms with E-state index in [0.29, 0.717) is 6.04 Å². The number of aromatic nitrogens is 1. The fourth-order valence-corrected chi connectivity index (χ4v) is 4.17. The molecule has 3 rings (SSSR count). The van der Waals surface area contributed by atoms with Gasteiger partial charge in [-0.1, -0.05) is 11.6 Å². The Morgan fingerprint density at radius 1 is 1.21 bits per heavy atom. The van der Waals surface area contributed by atoms with Crippen LogP contribution in [-0.4, -0.2) is 53.2 Å². The number of carbonyl (C=O) groups excluding carboxylic acids is 1. The van der Waals surface area contributed by atoms with Crippen molar-refractivity contribution in [2.45, 2.75) is 65.0 Å². The van der Waals surface area contributed by atoms with E-state index in [2.05, 4.69) is 15.4 Å². The summed E-state index contributed by atoms with van der Waals surface area (Å²) in [6.45, 7) is 9.90. The van der Waals surface area contributed by atoms with Crippen LogP contribution in [0.2, 0.25) is 0 Å². The number of rotatable bonds is 3. The quantitative estimate of drug-likeness (QED) is 0.923. The zero-order chi connectivity index (χ0) is 17.1. The molecular formula is C18H30N4O2. The van der Waals surface area contributed by atoms with Crippen molar-refractivity contribution in [3.05, 3.63) is 17.0 Å². The highest BCUT2D eigenvalue weighted by molar-refractivity contribution is 5.74. The predicted octanol–water partition coefficient (Wildman–Crippen LogP) is 3.01. The van der Waals surface area contributed by atoms with Gasteiger partial charge >= 0.3 is 6.03 Å². The number of amides is 2. The normalized spacial score (nSPS) is 24.0. The number of aryl methyl sites for hydroxylation is 2. The lowest BCUT2D eigenvalue weighted by molar-refractivity contribution is 0.164. The van der Waals surface area contributed by atoms with Gasteiger partial charge in [0.1, 0.15) is 5.76 Å². The molecular weight excluding hydrogens is 304 g/mol. The van der Waals surface area contributed by atoms with Gasteiger partial charge in [0.25, 0.3) is 0 Å². The van der Waals surface area contributed by atoms with E-state index in [0.717, 1.165) is 36.5 Å². The second-order valence-corrected chi connectivity index (χ2v) is 7.25. The van der Waals surface area contributed by atoms with Gasteiger partial charge in [0.15, 0.2) is 0 Å². The zero-order valence-corrected chi connectivity index (χ0v) is 15.2. The Morgan fingerprint density at radius 2 is 1.92 bits per heavy atom. The topological polar surface area (TPSA) is 61.6 Å². The summed E-state index contributed by atoms with van der Waals surface area (Å²) in [5.41, 5.74) is 1.85. The molecule has 2 amide bonds. The molecule has 6 nitrogen and oxygen atoms in total. The second-order valence-electron chi connectivity index (χ2n) is 7.25. The highest BCUT2D eigenvalue weighted by Gasteiger charge is 2.29. The third-order valence-corrected chi connectivity index (χ3v) is 5.45. The van der Waals surface area contributed by atoms with Gasteiger partial charge in [0.2, 0.25) is 0 Å². The summed E-state index contributed by atoms with van der Waals surface area (Å²) in [7, 11) is 0. The average molecular weight is 334 g/mol. The van der Waals surface area contributed by atoms with Crippen LogP contribution in [0.25, 0.3) is 0 Å². The van der Waals surface area contributed by atoms with E-state index in [-0.39, 0.29) is 12.1 Å². The van der Waals surface area contributed by atoms with Crippen molar-refractivity contribution in [3.63, 3.8) is 0 Å². The lowest BCUT2D eigenvalue weighted by Gasteiger charge is -2.31. The lowest BCUT2D eigenvalue weighted by atomic mass is 10.1. The Labute approximate surface area is 144 Å². The van der Waals surface area contributed by atoms with E-state index >= 15 is 0 Å². The first-order valence-corrected chi connectivity index (χ1v) is 9.28. The van der Waals surface area contributed by atoms with Crippen LogP contribution in [0.5, 0.6) is 0 Å². The SMILES string of the molecule is Cc1noc(C)c1[C@@H](C)NC(=O)N1CCCC[C@H](N2CCCC2)C1. The Morgan fingerprint density at radius 3 is 2.58 bits per heavy atom. The van der Waals surface area contributed by atoms with Gasteiger partial charge in [-0.3, -0.25) is 4.90 Å². The summed E-state index contributed by atoms with van der Waals surface area (Å²) in [5, 5.41) is 7.13. The zero-order valence-electron chi connectivity index (χ0n) is 15.2. The molecule has 2 saturated heterocycles. The predicted molar refractivity (Wildman–Crippen MR) is 92.9 cm³/mol. The smallest absolute Gasteiger partial charge is 0.317 e. The van der Waals surface area contributed by atoms with Gasteiger partial charge in [0.05, 0.1) is 11.7 Å². The molecule has 1 N–H and O–H groups in total. The van der Waals surface area contributed by atoms with Gasteiger partial charge in [-0.15, -0.1) is 0 Å². The van der Waals surface area contributed by atoms with Crippen LogP contribution < -0.4 is 5.32 Å². The molecule has 24 heavy (non-hydrogen) atoms. The summed E-state index contributed by atoms with van der Waals surface area (Å²) in [6.07, 6.45) is 6.11. The van der Waals surface area contributed by atoms with E-state index < -0.39 is 0 Å². The molecule has 0 radical (unpaired) electrons. The van der Waals surface area contributed by atoms with Crippen molar-refractivity contribution >= 4 is 6.03 Å². The Hall–Kier alpha value is -1.56. The third-order valence-electron chi connectivity index (χ3n) is 5.45. The number of hydrogen-bond acceptors (Lipinski definition) is 4. The second kappa shape index (κ2) is 7.55. The van der Waals surface area contributed by atoms with E-state index in [1.54, 1.807) is 0 Å². The van der Waals surface area contributed by atoms with Gasteiger partial charge in [-0.25, -0.2) is 4.79 Å². The lowest BCUT2D eigenvalue weighted by Crippen LogP contribution is -2.47. The summed E-state index contributed by atoms with van der Waals surface area (Å²) in [6, 6.07) is 0.473. The molecule has 6 heteroatoms. The molecule has 0 spiro atoms. The van der Waals surface area contributed by atoms with Crippen molar-refractivity contribution < 1.29 is 9.32 Å². The number of nitrogens with zero attached hydrogens (tertiary/aromatic N) is 3. The van der Waals surface area contributed by atoms with Crippen LogP contribution in [0, 0.1) is 13.8 Å². The first-order valence-electron chi connectivity index (χ1n) is 9.28. The van der Waals surface area contributed by atoms with E-state index in [4.69, 9.17) is 4.52 Å². The van der Waals surface area contributed by atoms with Crippen molar-refractivity contribution in [3.8, 4) is 0 Å². The molecule has 2 fully saturated rings. The number of carbonyl (C=O) groups is 1. The van der Waals surface area contributed by atoms with Gasteiger partial charge in [0, 0.05) is 24.7 Å². The molecule has 2 atom stereocenters. The first kappa shape index (κ1) is 17.3. The van der Waals surface area contributed by atoms with Crippen LogP contribution in [0.3, 0.4) is 0 Å². The number of urea groups is 1. The van der Waals surface area contributed by atoms with E-state index in [9.17, 15) is 4.79 Å². The minimum Gasteiger partial charge on any atom is -0.361 e. The summed E-state index contributed by atoms with van der Waals surface area (Å²) in [4.78, 5) is 17.4. The van der Waals surface area contributed by atoms with Gasteiger partial charge in [-0.2, -0.15) is 0 Å². The van der Waals surface area contributed by atoms with Crippen molar-refractivity contribution in [2.24, 2.45) is 0 Å². The Kier molecular flexibility index (Phi) is 5.43. The molecule has 2 aliphatic heterocycles. The van der Waals surface area contributed by atoms with E-state index in [1.807, 2.05) is 25.7 Å². The highest BCUT2D eigenvalue weighted by Crippen LogP contribution is 2.23. The van der Waals surface area contributed by atoms with Crippen LogP contribution >= 0.6 is 0 Å². The maximum Gasteiger partial charge on any atom is 0.317 e. The average Bonchev–Trinajstić information content (AvgIpc) is 3.11. The fourth-order valence-electron chi connectivity index (χ4n) is 4.17. The molecule has 1 aromatic heterocycles. The molecule has 2 aliphatic rings. The highest BCUT2D eigenvalue weighted by atomic mass is 16.5. The van der Waals surface area contributed by atoms with E-state index in [1.165, 1.54) is 38.8 Å². The van der Waals surface area contributed by atoms with Crippen LogP contribution in [0.15, 0.2) is 4.52 Å². The summed E-state index contributed by atoms with van der Waals surface area (Å²) < 4.78 is 5.23. The largest absolute Gasteiger partial charge is 0.361 e. The van der Waals surface area contributed by atoms with Crippen LogP contribution in [-0.2, 0) is 0 Å². The molecule has 0 aliphatic carbocycles. The Bertz CT molecular complexity index is 546. The third kappa shape index (κ3) is 3.74. The van der Waals surface area contributed by atoms with Crippen molar-refractivity contribution in [1.82, 2.24) is 20.3 Å². The van der Waals surface area contributed by atoms with Crippen molar-refractivity contribution in [1.29, 1.82) is 0 Å². The molecule has 1 aromatic rings. The summed E-state index contributed by atoms with van der Waals surface area (Å²) in [5.74, 6) is 0.783. The van der Waals surface area contributed by atoms with Gasteiger partial charge < -0.3 is 14.7 Å². The molecule has 0 bridgehead atoms. The molecule has 0 aromatic carbocycles. The first-order chi connectivity index (χ1) is 11.6. The molecule has 0 unspecified atom stereocenters. The number of likely N-dealkylation sites (tertiary alicyclic amines) is 2. The molecule has 3 heterocycles.